The molecule has 0 N–H and O–H groups in total. The lowest BCUT2D eigenvalue weighted by Crippen LogP contribution is -2.31. The van der Waals surface area contributed by atoms with E-state index in [0.717, 1.165) is 6.61 Å². The highest BCUT2D eigenvalue weighted by molar-refractivity contribution is 6.08. The molecule has 0 aromatic heterocycles. The first kappa shape index (κ1) is 9.12. The Morgan fingerprint density at radius 3 is 2.45 bits per heavy atom. The Hall–Kier alpha value is 0.0249. The molecule has 11 heavy (non-hydrogen) atoms. The maximum absolute atomic E-state index is 5.69. The van der Waals surface area contributed by atoms with E-state index in [-0.39, 0.29) is 5.60 Å². The molecule has 2 radical (unpaired) electrons. The van der Waals surface area contributed by atoms with E-state index in [4.69, 9.17) is 12.6 Å². The summed E-state index contributed by atoms with van der Waals surface area (Å²) < 4.78 is 5.69. The van der Waals surface area contributed by atoms with Gasteiger partial charge in [-0.1, -0.05) is 25.6 Å². The first-order chi connectivity index (χ1) is 5.27. The second-order valence-electron chi connectivity index (χ2n) is 3.65. The lowest BCUT2D eigenvalue weighted by molar-refractivity contribution is -0.0498. The predicted octanol–water partition coefficient (Wildman–Crippen LogP) is 2.31. The molecule has 1 aliphatic rings. The quantitative estimate of drug-likeness (QED) is 0.564. The van der Waals surface area contributed by atoms with E-state index < -0.39 is 0 Å². The van der Waals surface area contributed by atoms with Crippen LogP contribution in [0.2, 0.25) is 6.32 Å². The standard InChI is InChI=1S/C9H17BO/c1-9(11-8-7-10)5-3-2-4-6-9/h2-8H2,1H3. The van der Waals surface area contributed by atoms with Crippen LogP contribution in [0.5, 0.6) is 0 Å². The SMILES string of the molecule is [B]CCOC1(C)CCCCC1. The minimum atomic E-state index is 0.150. The van der Waals surface area contributed by atoms with E-state index in [1.807, 2.05) is 0 Å². The highest BCUT2D eigenvalue weighted by Gasteiger charge is 2.26. The molecule has 0 aromatic carbocycles. The van der Waals surface area contributed by atoms with Crippen LogP contribution in [0, 0.1) is 0 Å². The molecule has 0 amide bonds. The van der Waals surface area contributed by atoms with Crippen LogP contribution in [0.1, 0.15) is 39.0 Å². The van der Waals surface area contributed by atoms with Crippen molar-refractivity contribution in [2.24, 2.45) is 0 Å². The van der Waals surface area contributed by atoms with E-state index >= 15 is 0 Å². The maximum Gasteiger partial charge on any atom is 0.0684 e. The van der Waals surface area contributed by atoms with Gasteiger partial charge in [0.1, 0.15) is 0 Å². The summed E-state index contributed by atoms with van der Waals surface area (Å²) in [4.78, 5) is 0. The van der Waals surface area contributed by atoms with E-state index in [1.165, 1.54) is 32.1 Å². The highest BCUT2D eigenvalue weighted by Crippen LogP contribution is 2.30. The molecule has 0 spiro atoms. The highest BCUT2D eigenvalue weighted by atomic mass is 16.5. The van der Waals surface area contributed by atoms with Crippen molar-refractivity contribution >= 4 is 7.85 Å². The molecule has 0 atom stereocenters. The molecule has 0 aliphatic heterocycles. The number of ether oxygens (including phenoxy) is 1. The van der Waals surface area contributed by atoms with Crippen molar-refractivity contribution in [3.05, 3.63) is 0 Å². The van der Waals surface area contributed by atoms with Crippen LogP contribution >= 0.6 is 0 Å². The van der Waals surface area contributed by atoms with Crippen molar-refractivity contribution in [1.82, 2.24) is 0 Å². The van der Waals surface area contributed by atoms with Crippen LogP contribution in [0.15, 0.2) is 0 Å². The summed E-state index contributed by atoms with van der Waals surface area (Å²) in [5, 5.41) is 0. The Morgan fingerprint density at radius 1 is 1.27 bits per heavy atom. The van der Waals surface area contributed by atoms with Gasteiger partial charge in [0.05, 0.1) is 13.4 Å². The zero-order valence-electron chi connectivity index (χ0n) is 7.44. The first-order valence-electron chi connectivity index (χ1n) is 4.61. The molecule has 1 saturated carbocycles. The third kappa shape index (κ3) is 2.86. The van der Waals surface area contributed by atoms with E-state index in [0.29, 0.717) is 6.32 Å². The van der Waals surface area contributed by atoms with Crippen molar-refractivity contribution in [3.63, 3.8) is 0 Å². The molecule has 62 valence electrons. The third-order valence-electron chi connectivity index (χ3n) is 2.48. The van der Waals surface area contributed by atoms with E-state index in [9.17, 15) is 0 Å². The van der Waals surface area contributed by atoms with Crippen LogP contribution < -0.4 is 0 Å². The Balaban J connectivity index is 2.25. The van der Waals surface area contributed by atoms with Crippen molar-refractivity contribution in [2.45, 2.75) is 50.9 Å². The van der Waals surface area contributed by atoms with Gasteiger partial charge in [-0.3, -0.25) is 0 Å². The average Bonchev–Trinajstić information content (AvgIpc) is 2.03. The molecule has 1 rings (SSSR count). The molecular weight excluding hydrogens is 135 g/mol. The predicted molar refractivity (Wildman–Crippen MR) is 48.0 cm³/mol. The monoisotopic (exact) mass is 152 g/mol. The molecule has 0 aromatic rings. The smallest absolute Gasteiger partial charge is 0.0684 e. The van der Waals surface area contributed by atoms with E-state index in [1.54, 1.807) is 0 Å². The van der Waals surface area contributed by atoms with Crippen molar-refractivity contribution in [2.75, 3.05) is 6.61 Å². The third-order valence-corrected chi connectivity index (χ3v) is 2.48. The lowest BCUT2D eigenvalue weighted by atomic mass is 9.86. The normalized spacial score (nSPS) is 23.4. The fourth-order valence-electron chi connectivity index (χ4n) is 1.75. The van der Waals surface area contributed by atoms with Gasteiger partial charge < -0.3 is 4.74 Å². The van der Waals surface area contributed by atoms with Gasteiger partial charge in [0, 0.05) is 6.61 Å². The Kier molecular flexibility index (Phi) is 3.44. The van der Waals surface area contributed by atoms with Crippen molar-refractivity contribution < 1.29 is 4.74 Å². The van der Waals surface area contributed by atoms with Crippen molar-refractivity contribution in [1.29, 1.82) is 0 Å². The lowest BCUT2D eigenvalue weighted by Gasteiger charge is -2.33. The van der Waals surface area contributed by atoms with Crippen LogP contribution in [-0.4, -0.2) is 20.1 Å². The summed E-state index contributed by atoms with van der Waals surface area (Å²) >= 11 is 0. The van der Waals surface area contributed by atoms with Crippen LogP contribution in [0.3, 0.4) is 0 Å². The molecule has 0 bridgehead atoms. The largest absolute Gasteiger partial charge is 0.376 e. The Bertz CT molecular complexity index is 108. The van der Waals surface area contributed by atoms with E-state index in [2.05, 4.69) is 6.92 Å². The summed E-state index contributed by atoms with van der Waals surface area (Å²) in [7, 11) is 5.38. The molecule has 1 nitrogen and oxygen atoms in total. The summed E-state index contributed by atoms with van der Waals surface area (Å²) in [6.07, 6.45) is 7.10. The van der Waals surface area contributed by atoms with Gasteiger partial charge in [-0.2, -0.15) is 0 Å². The molecule has 1 aliphatic carbocycles. The number of hydrogen-bond acceptors (Lipinski definition) is 1. The summed E-state index contributed by atoms with van der Waals surface area (Å²) in [5.41, 5.74) is 0.150. The number of rotatable bonds is 3. The zero-order valence-corrected chi connectivity index (χ0v) is 7.44. The second-order valence-corrected chi connectivity index (χ2v) is 3.65. The number of hydrogen-bond donors (Lipinski definition) is 0. The average molecular weight is 152 g/mol. The fourth-order valence-corrected chi connectivity index (χ4v) is 1.75. The Labute approximate surface area is 70.9 Å². The molecule has 0 unspecified atom stereocenters. The van der Waals surface area contributed by atoms with Gasteiger partial charge in [-0.25, -0.2) is 0 Å². The zero-order chi connectivity index (χ0) is 8.16. The van der Waals surface area contributed by atoms with Crippen molar-refractivity contribution in [3.8, 4) is 0 Å². The maximum atomic E-state index is 5.69. The van der Waals surface area contributed by atoms with Gasteiger partial charge >= 0.3 is 0 Å². The summed E-state index contributed by atoms with van der Waals surface area (Å²) in [6, 6.07) is 0. The molecule has 0 heterocycles. The molecular formula is C9H17BO. The fraction of sp³-hybridized carbons (Fsp3) is 1.00. The minimum absolute atomic E-state index is 0.150. The second kappa shape index (κ2) is 4.15. The van der Waals surface area contributed by atoms with Gasteiger partial charge in [0.25, 0.3) is 0 Å². The van der Waals surface area contributed by atoms with Gasteiger partial charge in [0.15, 0.2) is 0 Å². The van der Waals surface area contributed by atoms with Crippen LogP contribution in [0.4, 0.5) is 0 Å². The topological polar surface area (TPSA) is 9.23 Å². The summed E-state index contributed by atoms with van der Waals surface area (Å²) in [6.45, 7) is 2.93. The van der Waals surface area contributed by atoms with Gasteiger partial charge in [0.2, 0.25) is 0 Å². The molecule has 0 saturated heterocycles. The van der Waals surface area contributed by atoms with Gasteiger partial charge in [-0.05, 0) is 19.8 Å². The molecule has 1 fully saturated rings. The molecule has 2 heteroatoms. The summed E-state index contributed by atoms with van der Waals surface area (Å²) in [5.74, 6) is 0. The van der Waals surface area contributed by atoms with Gasteiger partial charge in [-0.15, -0.1) is 0 Å². The minimum Gasteiger partial charge on any atom is -0.376 e. The van der Waals surface area contributed by atoms with Crippen LogP contribution in [-0.2, 0) is 4.74 Å². The first-order valence-corrected chi connectivity index (χ1v) is 4.61. The van der Waals surface area contributed by atoms with Crippen LogP contribution in [0.25, 0.3) is 0 Å². The Morgan fingerprint density at radius 2 is 1.91 bits per heavy atom.